The Morgan fingerprint density at radius 2 is 1.34 bits per heavy atom. The Bertz CT molecular complexity index is 1130. The van der Waals surface area contributed by atoms with Gasteiger partial charge in [-0.05, 0) is 97.9 Å². The molecule has 0 fully saturated rings. The second-order valence-electron chi connectivity index (χ2n) is 6.51. The highest BCUT2D eigenvalue weighted by Gasteiger charge is 2.14. The van der Waals surface area contributed by atoms with Gasteiger partial charge in [0, 0.05) is 22.1 Å². The summed E-state index contributed by atoms with van der Waals surface area (Å²) in [6.45, 7) is 4.08. The first kappa shape index (κ1) is 21.1. The van der Waals surface area contributed by atoms with E-state index in [-0.39, 0.29) is 4.90 Å². The van der Waals surface area contributed by atoms with Gasteiger partial charge in [0.25, 0.3) is 10.0 Å². The molecule has 3 aromatic rings. The van der Waals surface area contributed by atoms with Crippen LogP contribution < -0.4 is 15.4 Å². The third-order valence-corrected chi connectivity index (χ3v) is 6.14. The summed E-state index contributed by atoms with van der Waals surface area (Å²) >= 11 is 11.2. The molecule has 3 N–H and O–H groups in total. The second-order valence-corrected chi connectivity index (χ2v) is 9.04. The first-order valence-electron chi connectivity index (χ1n) is 8.77. The van der Waals surface area contributed by atoms with Gasteiger partial charge in [-0.2, -0.15) is 0 Å². The zero-order chi connectivity index (χ0) is 21.0. The minimum absolute atomic E-state index is 0.144. The van der Waals surface area contributed by atoms with Crippen LogP contribution in [0.4, 0.5) is 17.1 Å². The molecule has 5 nitrogen and oxygen atoms in total. The molecule has 0 radical (unpaired) electrons. The highest BCUT2D eigenvalue weighted by molar-refractivity contribution is 7.92. The summed E-state index contributed by atoms with van der Waals surface area (Å²) in [7, 11) is -3.70. The highest BCUT2D eigenvalue weighted by atomic mass is 35.5. The van der Waals surface area contributed by atoms with Crippen LogP contribution in [0.1, 0.15) is 11.1 Å². The summed E-state index contributed by atoms with van der Waals surface area (Å²) in [6, 6.07) is 18.8. The third kappa shape index (κ3) is 5.69. The minimum Gasteiger partial charge on any atom is -0.332 e. The van der Waals surface area contributed by atoms with E-state index in [1.807, 2.05) is 32.0 Å². The smallest absolute Gasteiger partial charge is 0.261 e. The molecule has 8 heteroatoms. The van der Waals surface area contributed by atoms with Crippen LogP contribution in [0.3, 0.4) is 0 Å². The standard InChI is InChI=1S/C21H20ClN3O2S2/c1-14-3-6-19(13-15(14)2)24-21(28)23-17-9-11-20(12-10-17)29(26,27)25-18-7-4-16(22)5-8-18/h3-13,25H,1-2H3,(H2,23,24,28). The summed E-state index contributed by atoms with van der Waals surface area (Å²) in [5.74, 6) is 0. The van der Waals surface area contributed by atoms with Gasteiger partial charge in [-0.1, -0.05) is 17.7 Å². The van der Waals surface area contributed by atoms with Crippen LogP contribution in [0.2, 0.25) is 5.02 Å². The Balaban J connectivity index is 1.65. The fraction of sp³-hybridized carbons (Fsp3) is 0.0952. The average Bonchev–Trinajstić information content (AvgIpc) is 2.67. The van der Waals surface area contributed by atoms with E-state index in [0.29, 0.717) is 21.5 Å². The number of thiocarbonyl (C=S) groups is 1. The van der Waals surface area contributed by atoms with Gasteiger partial charge in [-0.25, -0.2) is 8.42 Å². The molecule has 150 valence electrons. The van der Waals surface area contributed by atoms with Crippen LogP contribution in [0.25, 0.3) is 0 Å². The molecule has 0 unspecified atom stereocenters. The van der Waals surface area contributed by atoms with E-state index in [9.17, 15) is 8.42 Å². The molecule has 0 heterocycles. The van der Waals surface area contributed by atoms with Crippen LogP contribution in [-0.2, 0) is 10.0 Å². The van der Waals surface area contributed by atoms with Crippen molar-refractivity contribution in [3.05, 3.63) is 82.9 Å². The monoisotopic (exact) mass is 445 g/mol. The third-order valence-electron chi connectivity index (χ3n) is 4.28. The largest absolute Gasteiger partial charge is 0.332 e. The van der Waals surface area contributed by atoms with Crippen molar-refractivity contribution < 1.29 is 8.42 Å². The molecule has 0 saturated heterocycles. The highest BCUT2D eigenvalue weighted by Crippen LogP contribution is 2.20. The zero-order valence-corrected chi connectivity index (χ0v) is 18.3. The number of anilines is 3. The molecule has 0 aliphatic heterocycles. The SMILES string of the molecule is Cc1ccc(NC(=S)Nc2ccc(S(=O)(=O)Nc3ccc(Cl)cc3)cc2)cc1C. The van der Waals surface area contributed by atoms with Crippen molar-refractivity contribution in [3.63, 3.8) is 0 Å². The van der Waals surface area contributed by atoms with Crippen LogP contribution in [-0.4, -0.2) is 13.5 Å². The normalized spacial score (nSPS) is 11.0. The van der Waals surface area contributed by atoms with E-state index in [4.69, 9.17) is 23.8 Å². The molecule has 3 rings (SSSR count). The first-order chi connectivity index (χ1) is 13.7. The van der Waals surface area contributed by atoms with Crippen molar-refractivity contribution in [3.8, 4) is 0 Å². The van der Waals surface area contributed by atoms with Gasteiger partial charge in [0.2, 0.25) is 0 Å². The fourth-order valence-corrected chi connectivity index (χ4v) is 3.98. The van der Waals surface area contributed by atoms with Gasteiger partial charge in [0.1, 0.15) is 0 Å². The molecule has 0 amide bonds. The Labute approximate surface area is 181 Å². The molecule has 3 aromatic carbocycles. The number of aryl methyl sites for hydroxylation is 2. The lowest BCUT2D eigenvalue weighted by Crippen LogP contribution is -2.19. The van der Waals surface area contributed by atoms with Gasteiger partial charge in [0.05, 0.1) is 4.90 Å². The molecular weight excluding hydrogens is 426 g/mol. The Hall–Kier alpha value is -2.61. The van der Waals surface area contributed by atoms with Crippen LogP contribution >= 0.6 is 23.8 Å². The minimum atomic E-state index is -3.70. The number of hydrogen-bond donors (Lipinski definition) is 3. The average molecular weight is 446 g/mol. The van der Waals surface area contributed by atoms with E-state index < -0.39 is 10.0 Å². The van der Waals surface area contributed by atoms with E-state index >= 15 is 0 Å². The van der Waals surface area contributed by atoms with Crippen LogP contribution in [0.15, 0.2) is 71.6 Å². The number of benzene rings is 3. The quantitative estimate of drug-likeness (QED) is 0.448. The van der Waals surface area contributed by atoms with Gasteiger partial charge in [0.15, 0.2) is 5.11 Å². The molecule has 0 saturated carbocycles. The predicted octanol–water partition coefficient (Wildman–Crippen LogP) is 5.57. The molecular formula is C21H20ClN3O2S2. The van der Waals surface area contributed by atoms with Crippen LogP contribution in [0, 0.1) is 13.8 Å². The van der Waals surface area contributed by atoms with E-state index in [0.717, 1.165) is 5.69 Å². The predicted molar refractivity (Wildman–Crippen MR) is 124 cm³/mol. The van der Waals surface area contributed by atoms with Crippen molar-refractivity contribution in [1.29, 1.82) is 0 Å². The Morgan fingerprint density at radius 1 is 0.793 bits per heavy atom. The lowest BCUT2D eigenvalue weighted by atomic mass is 10.1. The lowest BCUT2D eigenvalue weighted by molar-refractivity contribution is 0.601. The molecule has 0 spiro atoms. The Kier molecular flexibility index (Phi) is 6.42. The van der Waals surface area contributed by atoms with E-state index in [1.54, 1.807) is 36.4 Å². The molecule has 0 atom stereocenters. The summed E-state index contributed by atoms with van der Waals surface area (Å²) in [6.07, 6.45) is 0. The van der Waals surface area contributed by atoms with Gasteiger partial charge < -0.3 is 10.6 Å². The van der Waals surface area contributed by atoms with E-state index in [2.05, 4.69) is 15.4 Å². The maximum Gasteiger partial charge on any atom is 0.261 e. The van der Waals surface area contributed by atoms with Crippen LogP contribution in [0.5, 0.6) is 0 Å². The van der Waals surface area contributed by atoms with Gasteiger partial charge in [-0.15, -0.1) is 0 Å². The van der Waals surface area contributed by atoms with Crippen molar-refractivity contribution in [2.75, 3.05) is 15.4 Å². The number of rotatable bonds is 5. The van der Waals surface area contributed by atoms with Gasteiger partial charge in [-0.3, -0.25) is 4.72 Å². The molecule has 0 bridgehead atoms. The number of sulfonamides is 1. The summed E-state index contributed by atoms with van der Waals surface area (Å²) < 4.78 is 27.6. The first-order valence-corrected chi connectivity index (χ1v) is 11.0. The number of hydrogen-bond acceptors (Lipinski definition) is 3. The molecule has 0 aliphatic carbocycles. The topological polar surface area (TPSA) is 70.2 Å². The maximum absolute atomic E-state index is 12.5. The lowest BCUT2D eigenvalue weighted by Gasteiger charge is -2.13. The van der Waals surface area contributed by atoms with Gasteiger partial charge >= 0.3 is 0 Å². The van der Waals surface area contributed by atoms with Crippen molar-refractivity contribution >= 4 is 56.0 Å². The number of nitrogens with one attached hydrogen (secondary N) is 3. The van der Waals surface area contributed by atoms with E-state index in [1.165, 1.54) is 23.3 Å². The molecule has 0 aromatic heterocycles. The molecule has 0 aliphatic rings. The van der Waals surface area contributed by atoms with Crippen molar-refractivity contribution in [2.24, 2.45) is 0 Å². The zero-order valence-electron chi connectivity index (χ0n) is 15.9. The summed E-state index contributed by atoms with van der Waals surface area (Å²) in [5.41, 5.74) is 4.38. The summed E-state index contributed by atoms with van der Waals surface area (Å²) in [5, 5.41) is 7.12. The fourth-order valence-electron chi connectivity index (χ4n) is 2.56. The maximum atomic E-state index is 12.5. The second kappa shape index (κ2) is 8.82. The van der Waals surface area contributed by atoms with Crippen molar-refractivity contribution in [2.45, 2.75) is 18.7 Å². The molecule has 29 heavy (non-hydrogen) atoms. The number of halogens is 1. The Morgan fingerprint density at radius 3 is 1.97 bits per heavy atom. The van der Waals surface area contributed by atoms with Crippen molar-refractivity contribution in [1.82, 2.24) is 0 Å². The summed E-state index contributed by atoms with van der Waals surface area (Å²) in [4.78, 5) is 0.144.